The van der Waals surface area contributed by atoms with Crippen LogP contribution in [0.4, 0.5) is 0 Å². The van der Waals surface area contributed by atoms with Gasteiger partial charge in [-0.1, -0.05) is 11.6 Å². The summed E-state index contributed by atoms with van der Waals surface area (Å²) >= 11 is 0. The molecule has 0 heterocycles. The van der Waals surface area contributed by atoms with Crippen molar-refractivity contribution in [2.75, 3.05) is 0 Å². The lowest BCUT2D eigenvalue weighted by Crippen LogP contribution is -2.28. The Labute approximate surface area is 75.7 Å². The van der Waals surface area contributed by atoms with Crippen molar-refractivity contribution in [1.29, 1.82) is 0 Å². The van der Waals surface area contributed by atoms with Crippen molar-refractivity contribution in [3.05, 3.63) is 11.6 Å². The molecule has 0 aliphatic heterocycles. The Morgan fingerprint density at radius 3 is 2.17 bits per heavy atom. The molecule has 0 amide bonds. The van der Waals surface area contributed by atoms with Crippen molar-refractivity contribution in [1.82, 2.24) is 0 Å². The van der Waals surface area contributed by atoms with Crippen LogP contribution in [0.3, 0.4) is 0 Å². The highest BCUT2D eigenvalue weighted by Gasteiger charge is 2.18. The van der Waals surface area contributed by atoms with Gasteiger partial charge >= 0.3 is 0 Å². The van der Waals surface area contributed by atoms with Crippen LogP contribution in [0.2, 0.25) is 19.6 Å². The van der Waals surface area contributed by atoms with Crippen LogP contribution in [0.15, 0.2) is 11.6 Å². The van der Waals surface area contributed by atoms with Crippen LogP contribution in [0.5, 0.6) is 0 Å². The third-order valence-corrected chi connectivity index (χ3v) is 1.94. The molecule has 0 bridgehead atoms. The average molecular weight is 186 g/mol. The van der Waals surface area contributed by atoms with E-state index in [-0.39, 0.29) is 5.97 Å². The van der Waals surface area contributed by atoms with Gasteiger partial charge in [0, 0.05) is 0 Å². The van der Waals surface area contributed by atoms with Crippen LogP contribution in [0.1, 0.15) is 20.3 Å². The molecule has 0 spiro atoms. The molecule has 70 valence electrons. The smallest absolute Gasteiger partial charge is 0.296 e. The quantitative estimate of drug-likeness (QED) is 0.500. The topological polar surface area (TPSA) is 26.3 Å². The van der Waals surface area contributed by atoms with Crippen molar-refractivity contribution in [2.45, 2.75) is 39.9 Å². The van der Waals surface area contributed by atoms with Gasteiger partial charge in [0.2, 0.25) is 8.32 Å². The number of carbonyl (C=O) groups excluding carboxylic acids is 1. The summed E-state index contributed by atoms with van der Waals surface area (Å²) in [6.45, 7) is 9.97. The third kappa shape index (κ3) is 7.53. The second kappa shape index (κ2) is 4.45. The van der Waals surface area contributed by atoms with Crippen molar-refractivity contribution in [3.63, 3.8) is 0 Å². The molecule has 12 heavy (non-hydrogen) atoms. The van der Waals surface area contributed by atoms with Gasteiger partial charge in [-0.3, -0.25) is 4.79 Å². The maximum atomic E-state index is 11.1. The van der Waals surface area contributed by atoms with Crippen molar-refractivity contribution >= 4 is 14.3 Å². The summed E-state index contributed by atoms with van der Waals surface area (Å²) in [6.07, 6.45) is 2.30. The normalized spacial score (nSPS) is 10.8. The van der Waals surface area contributed by atoms with Crippen LogP contribution in [0.25, 0.3) is 0 Å². The summed E-state index contributed by atoms with van der Waals surface area (Å²) in [4.78, 5) is 11.1. The Morgan fingerprint density at radius 2 is 1.83 bits per heavy atom. The van der Waals surface area contributed by atoms with Crippen LogP contribution >= 0.6 is 0 Å². The molecule has 3 heteroatoms. The van der Waals surface area contributed by atoms with E-state index in [0.29, 0.717) is 6.42 Å². The molecule has 0 aromatic heterocycles. The molecule has 0 N–H and O–H groups in total. The van der Waals surface area contributed by atoms with E-state index in [1.54, 1.807) is 0 Å². The van der Waals surface area contributed by atoms with Crippen LogP contribution in [0, 0.1) is 0 Å². The fraction of sp³-hybridized carbons (Fsp3) is 0.667. The molecule has 0 saturated carbocycles. The van der Waals surface area contributed by atoms with Gasteiger partial charge < -0.3 is 4.43 Å². The molecule has 0 unspecified atom stereocenters. The maximum Gasteiger partial charge on any atom is 0.296 e. The Bertz CT molecular complexity index is 185. The van der Waals surface area contributed by atoms with Crippen LogP contribution < -0.4 is 0 Å². The third-order valence-electron chi connectivity index (χ3n) is 1.10. The number of hydrogen-bond acceptors (Lipinski definition) is 2. The van der Waals surface area contributed by atoms with Gasteiger partial charge in [-0.05, 0) is 33.5 Å². The highest BCUT2D eigenvalue weighted by atomic mass is 28.4. The number of hydrogen-bond donors (Lipinski definition) is 0. The Kier molecular flexibility index (Phi) is 4.24. The first kappa shape index (κ1) is 11.4. The predicted molar refractivity (Wildman–Crippen MR) is 53.5 cm³/mol. The molecule has 0 fully saturated rings. The molecule has 0 radical (unpaired) electrons. The van der Waals surface area contributed by atoms with Gasteiger partial charge in [-0.25, -0.2) is 0 Å². The average Bonchev–Trinajstić information content (AvgIpc) is 1.79. The Hall–Kier alpha value is -0.573. The lowest BCUT2D eigenvalue weighted by Gasteiger charge is -2.16. The number of allylic oxidation sites excluding steroid dienone is 1. The van der Waals surface area contributed by atoms with E-state index in [4.69, 9.17) is 4.43 Å². The highest BCUT2D eigenvalue weighted by Crippen LogP contribution is 2.05. The molecule has 2 nitrogen and oxygen atoms in total. The van der Waals surface area contributed by atoms with E-state index in [0.717, 1.165) is 5.57 Å². The fourth-order valence-corrected chi connectivity index (χ4v) is 1.44. The number of rotatable bonds is 3. The SMILES string of the molecule is CC(C)=CCC(=O)O[Si](C)(C)C. The van der Waals surface area contributed by atoms with Crippen LogP contribution in [-0.4, -0.2) is 14.3 Å². The van der Waals surface area contributed by atoms with Gasteiger partial charge in [0.05, 0.1) is 6.42 Å². The first-order valence-corrected chi connectivity index (χ1v) is 7.57. The number of carbonyl (C=O) groups is 1. The summed E-state index contributed by atoms with van der Waals surface area (Å²) in [7, 11) is -1.67. The van der Waals surface area contributed by atoms with Crippen molar-refractivity contribution in [2.24, 2.45) is 0 Å². The highest BCUT2D eigenvalue weighted by molar-refractivity contribution is 6.71. The lowest BCUT2D eigenvalue weighted by atomic mass is 10.3. The second-order valence-corrected chi connectivity index (χ2v) is 8.50. The minimum atomic E-state index is -1.67. The molecule has 0 aliphatic carbocycles. The second-order valence-electron chi connectivity index (χ2n) is 4.07. The molecule has 0 aliphatic rings. The predicted octanol–water partition coefficient (Wildman–Crippen LogP) is 2.72. The summed E-state index contributed by atoms with van der Waals surface area (Å²) in [5.41, 5.74) is 1.16. The summed E-state index contributed by atoms with van der Waals surface area (Å²) in [6, 6.07) is 0. The summed E-state index contributed by atoms with van der Waals surface area (Å²) in [5, 5.41) is 0. The standard InChI is InChI=1S/C9H18O2Si/c1-8(2)6-7-9(10)11-12(3,4)5/h6H,7H2,1-5H3. The van der Waals surface area contributed by atoms with E-state index in [1.165, 1.54) is 0 Å². The van der Waals surface area contributed by atoms with E-state index in [1.807, 2.05) is 39.6 Å². The van der Waals surface area contributed by atoms with Crippen molar-refractivity contribution < 1.29 is 9.22 Å². The molecule has 0 aromatic rings. The zero-order valence-corrected chi connectivity index (χ0v) is 9.60. The summed E-state index contributed by atoms with van der Waals surface area (Å²) < 4.78 is 5.24. The zero-order valence-electron chi connectivity index (χ0n) is 8.60. The Balaban J connectivity index is 3.84. The molecule has 0 aromatic carbocycles. The monoisotopic (exact) mass is 186 g/mol. The van der Waals surface area contributed by atoms with E-state index in [9.17, 15) is 4.79 Å². The van der Waals surface area contributed by atoms with Gasteiger partial charge in [0.1, 0.15) is 0 Å². The largest absolute Gasteiger partial charge is 0.520 e. The van der Waals surface area contributed by atoms with E-state index < -0.39 is 8.32 Å². The zero-order chi connectivity index (χ0) is 9.78. The lowest BCUT2D eigenvalue weighted by molar-refractivity contribution is -0.134. The van der Waals surface area contributed by atoms with E-state index >= 15 is 0 Å². The molecule has 0 rings (SSSR count). The molecular weight excluding hydrogens is 168 g/mol. The fourth-order valence-electron chi connectivity index (χ4n) is 0.671. The first-order chi connectivity index (χ1) is 5.31. The van der Waals surface area contributed by atoms with Gasteiger partial charge in [0.25, 0.3) is 5.97 Å². The first-order valence-electron chi connectivity index (χ1n) is 4.16. The minimum Gasteiger partial charge on any atom is -0.520 e. The van der Waals surface area contributed by atoms with Gasteiger partial charge in [-0.2, -0.15) is 0 Å². The van der Waals surface area contributed by atoms with Gasteiger partial charge in [-0.15, -0.1) is 0 Å². The van der Waals surface area contributed by atoms with Gasteiger partial charge in [0.15, 0.2) is 0 Å². The minimum absolute atomic E-state index is 0.102. The van der Waals surface area contributed by atoms with Crippen LogP contribution in [-0.2, 0) is 9.22 Å². The summed E-state index contributed by atoms with van der Waals surface area (Å²) in [5.74, 6) is -0.102. The molecule has 0 atom stereocenters. The van der Waals surface area contributed by atoms with E-state index in [2.05, 4.69) is 0 Å². The Morgan fingerprint density at radius 1 is 1.33 bits per heavy atom. The molecular formula is C9H18O2Si. The molecule has 0 saturated heterocycles. The maximum absolute atomic E-state index is 11.1. The van der Waals surface area contributed by atoms with Crippen molar-refractivity contribution in [3.8, 4) is 0 Å².